The maximum atomic E-state index is 11.7. The number of rotatable bonds is 8. The minimum Gasteiger partial charge on any atom is -0.568 e. The summed E-state index contributed by atoms with van der Waals surface area (Å²) in [7, 11) is -1.77. The van der Waals surface area contributed by atoms with Crippen LogP contribution in [0.2, 0.25) is 0 Å². The average Bonchev–Trinajstić information content (AvgIpc) is 3.03. The fourth-order valence-electron chi connectivity index (χ4n) is 1.92. The summed E-state index contributed by atoms with van der Waals surface area (Å²) in [5.41, 5.74) is 5.66. The molecule has 2 rings (SSSR count). The number of nitrogens with two attached hydrogens (primary N) is 1. The fraction of sp³-hybridized carbons (Fsp3) is 0.462. The third-order valence-electron chi connectivity index (χ3n) is 3.02. The molecule has 1 atom stereocenters. The molecule has 0 amide bonds. The van der Waals surface area contributed by atoms with Crippen molar-refractivity contribution in [3.63, 3.8) is 0 Å². The molecule has 2 heterocycles. The summed E-state index contributed by atoms with van der Waals surface area (Å²) in [6, 6.07) is 3.84. The van der Waals surface area contributed by atoms with Gasteiger partial charge in [0.25, 0.3) is 0 Å². The van der Waals surface area contributed by atoms with Crippen LogP contribution >= 0.6 is 22.7 Å². The minimum atomic E-state index is -3.63. The minimum absolute atomic E-state index is 0.0671. The predicted octanol–water partition coefficient (Wildman–Crippen LogP) is 1.80. The molecule has 8 nitrogen and oxygen atoms in total. The molecule has 24 heavy (non-hydrogen) atoms. The molecule has 1 unspecified atom stereocenters. The van der Waals surface area contributed by atoms with Gasteiger partial charge in [0.05, 0.1) is 16.7 Å². The Labute approximate surface area is 148 Å². The van der Waals surface area contributed by atoms with Crippen LogP contribution in [0.1, 0.15) is 5.76 Å². The SMILES string of the molecule is CN(C)c1ccc(CSCCNc2n[s+]([O-])c(S(C)(=O)=O)c2N)o1. The molecule has 0 radical (unpaired) electrons. The van der Waals surface area contributed by atoms with Gasteiger partial charge in [0.15, 0.2) is 11.6 Å². The van der Waals surface area contributed by atoms with Crippen molar-refractivity contribution < 1.29 is 17.4 Å². The summed E-state index contributed by atoms with van der Waals surface area (Å²) >= 11 is 1.64. The van der Waals surface area contributed by atoms with Gasteiger partial charge >= 0.3 is 4.21 Å². The van der Waals surface area contributed by atoms with E-state index in [1.807, 2.05) is 31.1 Å². The van der Waals surface area contributed by atoms with E-state index in [9.17, 15) is 13.0 Å². The van der Waals surface area contributed by atoms with Crippen LogP contribution in [-0.2, 0) is 15.6 Å². The number of furan rings is 1. The second-order valence-corrected chi connectivity index (χ2v) is 9.68. The summed E-state index contributed by atoms with van der Waals surface area (Å²) < 4.78 is 43.9. The number of thioether (sulfide) groups is 1. The standard InChI is InChI=1S/C13H20N4O4S3/c1-17(2)10-5-4-9(21-10)8-22-7-6-15-12-11(14)13(23(18)16-12)24(3,19)20/h4-5H,6-8,14H2,1-3H3,(H,15,16). The molecule has 0 aliphatic carbocycles. The molecule has 0 saturated heterocycles. The second-order valence-electron chi connectivity index (χ2n) is 5.28. The molecule has 0 aliphatic heterocycles. The molecule has 2 aromatic heterocycles. The van der Waals surface area contributed by atoms with Gasteiger partial charge in [-0.25, -0.2) is 8.42 Å². The van der Waals surface area contributed by atoms with Gasteiger partial charge in [0.1, 0.15) is 5.76 Å². The zero-order chi connectivity index (χ0) is 17.9. The van der Waals surface area contributed by atoms with Crippen molar-refractivity contribution in [2.24, 2.45) is 0 Å². The van der Waals surface area contributed by atoms with Crippen molar-refractivity contribution in [3.8, 4) is 0 Å². The van der Waals surface area contributed by atoms with E-state index in [2.05, 4.69) is 9.69 Å². The van der Waals surface area contributed by atoms with Crippen LogP contribution in [0.3, 0.4) is 0 Å². The van der Waals surface area contributed by atoms with E-state index in [1.165, 1.54) is 0 Å². The van der Waals surface area contributed by atoms with Gasteiger partial charge in [0.2, 0.25) is 15.7 Å². The first kappa shape index (κ1) is 18.9. The highest BCUT2D eigenvalue weighted by molar-refractivity contribution is 7.98. The molecule has 2 aromatic rings. The van der Waals surface area contributed by atoms with Crippen molar-refractivity contribution in [1.82, 2.24) is 4.37 Å². The van der Waals surface area contributed by atoms with Gasteiger partial charge in [-0.15, -0.1) is 0 Å². The van der Waals surface area contributed by atoms with E-state index in [0.717, 1.165) is 23.7 Å². The summed E-state index contributed by atoms with van der Waals surface area (Å²) in [6.45, 7) is 0.514. The summed E-state index contributed by atoms with van der Waals surface area (Å²) in [5, 5.41) is 2.92. The Morgan fingerprint density at radius 2 is 2.17 bits per heavy atom. The first-order chi connectivity index (χ1) is 11.2. The lowest BCUT2D eigenvalue weighted by Crippen LogP contribution is -2.07. The van der Waals surface area contributed by atoms with E-state index < -0.39 is 20.8 Å². The number of sulfone groups is 1. The molecule has 0 bridgehead atoms. The third-order valence-corrected chi connectivity index (χ3v) is 7.11. The molecule has 0 aliphatic rings. The van der Waals surface area contributed by atoms with Crippen molar-refractivity contribution in [3.05, 3.63) is 17.9 Å². The Kier molecular flexibility index (Phi) is 6.01. The summed E-state index contributed by atoms with van der Waals surface area (Å²) in [4.78, 5) is 1.89. The van der Waals surface area contributed by atoms with E-state index in [4.69, 9.17) is 10.2 Å². The topological polar surface area (TPSA) is 125 Å². The highest BCUT2D eigenvalue weighted by Gasteiger charge is 2.29. The van der Waals surface area contributed by atoms with Gasteiger partial charge < -0.3 is 24.9 Å². The lowest BCUT2D eigenvalue weighted by Gasteiger charge is -2.06. The van der Waals surface area contributed by atoms with E-state index in [-0.39, 0.29) is 15.7 Å². The predicted molar refractivity (Wildman–Crippen MR) is 98.1 cm³/mol. The van der Waals surface area contributed by atoms with E-state index in [1.54, 1.807) is 11.8 Å². The van der Waals surface area contributed by atoms with Crippen LogP contribution in [0.25, 0.3) is 0 Å². The molecule has 11 heteroatoms. The lowest BCUT2D eigenvalue weighted by atomic mass is 10.5. The monoisotopic (exact) mass is 392 g/mol. The zero-order valence-corrected chi connectivity index (χ0v) is 16.1. The number of nitrogens with zero attached hydrogens (tertiary/aromatic N) is 2. The molecule has 0 saturated carbocycles. The van der Waals surface area contributed by atoms with Crippen molar-refractivity contribution >= 4 is 49.9 Å². The van der Waals surface area contributed by atoms with Gasteiger partial charge in [-0.2, -0.15) is 11.8 Å². The average molecular weight is 393 g/mol. The van der Waals surface area contributed by atoms with Crippen LogP contribution < -0.4 is 16.0 Å². The molecule has 0 aromatic carbocycles. The van der Waals surface area contributed by atoms with Gasteiger partial charge in [-0.3, -0.25) is 0 Å². The number of aromatic nitrogens is 1. The Balaban J connectivity index is 1.82. The van der Waals surface area contributed by atoms with Crippen LogP contribution in [0.4, 0.5) is 17.4 Å². The first-order valence-corrected chi connectivity index (χ1v) is 11.1. The molecule has 0 fully saturated rings. The number of hydrogen-bond acceptors (Lipinski definition) is 9. The lowest BCUT2D eigenvalue weighted by molar-refractivity contribution is 0.530. The first-order valence-electron chi connectivity index (χ1n) is 6.98. The smallest absolute Gasteiger partial charge is 0.313 e. The highest BCUT2D eigenvalue weighted by Crippen LogP contribution is 2.35. The van der Waals surface area contributed by atoms with Crippen molar-refractivity contribution in [2.45, 2.75) is 9.96 Å². The van der Waals surface area contributed by atoms with Crippen LogP contribution in [0.15, 0.2) is 20.8 Å². The van der Waals surface area contributed by atoms with Gasteiger partial charge in [-0.05, 0) is 10.4 Å². The normalized spacial score (nSPS) is 12.4. The Bertz CT molecular complexity index is 798. The van der Waals surface area contributed by atoms with Crippen molar-refractivity contribution in [1.29, 1.82) is 0 Å². The Morgan fingerprint density at radius 3 is 2.71 bits per heavy atom. The largest absolute Gasteiger partial charge is 0.568 e. The maximum Gasteiger partial charge on any atom is 0.313 e. The summed E-state index contributed by atoms with van der Waals surface area (Å²) in [6.07, 6.45) is 0.965. The Morgan fingerprint density at radius 1 is 1.46 bits per heavy atom. The number of nitrogen functional groups attached to an aromatic ring is 1. The van der Waals surface area contributed by atoms with Crippen LogP contribution in [0, 0.1) is 0 Å². The van der Waals surface area contributed by atoms with Crippen molar-refractivity contribution in [2.75, 3.05) is 48.6 Å². The summed E-state index contributed by atoms with van der Waals surface area (Å²) in [5.74, 6) is 3.29. The van der Waals surface area contributed by atoms with Gasteiger partial charge in [0, 0.05) is 38.7 Å². The zero-order valence-electron chi connectivity index (χ0n) is 13.6. The molecule has 0 spiro atoms. The number of nitrogens with one attached hydrogen (secondary N) is 1. The van der Waals surface area contributed by atoms with Crippen LogP contribution in [-0.4, -0.2) is 50.0 Å². The second kappa shape index (κ2) is 7.64. The molecule has 134 valence electrons. The molecular formula is C13H20N4O4S3. The molecular weight excluding hydrogens is 372 g/mol. The third kappa shape index (κ3) is 4.56. The quantitative estimate of drug-likeness (QED) is 0.511. The molecule has 3 N–H and O–H groups in total. The van der Waals surface area contributed by atoms with Gasteiger partial charge in [-0.1, -0.05) is 0 Å². The highest BCUT2D eigenvalue weighted by atomic mass is 32.3. The van der Waals surface area contributed by atoms with Crippen LogP contribution in [0.5, 0.6) is 0 Å². The number of hydrogen-bond donors (Lipinski definition) is 2. The van der Waals surface area contributed by atoms with E-state index in [0.29, 0.717) is 12.3 Å². The Hall–Kier alpha value is -1.43. The van der Waals surface area contributed by atoms with E-state index >= 15 is 0 Å². The number of anilines is 3. The maximum absolute atomic E-state index is 11.7. The fourth-order valence-corrected chi connectivity index (χ4v) is 5.01.